The van der Waals surface area contributed by atoms with Crippen LogP contribution >= 0.6 is 24.0 Å². The minimum Gasteiger partial charge on any atom is -0.352 e. The predicted octanol–water partition coefficient (Wildman–Crippen LogP) is 3.45. The van der Waals surface area contributed by atoms with Gasteiger partial charge in [0.1, 0.15) is 0 Å². The number of alkyl halides is 3. The first-order chi connectivity index (χ1) is 13.3. The Morgan fingerprint density at radius 2 is 1.79 bits per heavy atom. The zero-order valence-electron chi connectivity index (χ0n) is 17.4. The number of benzene rings is 1. The highest BCUT2D eigenvalue weighted by Gasteiger charge is 2.34. The van der Waals surface area contributed by atoms with Gasteiger partial charge in [0.15, 0.2) is 5.96 Å². The molecule has 1 fully saturated rings. The fraction of sp³-hybridized carbons (Fsp3) is 0.650. The predicted molar refractivity (Wildman–Crippen MR) is 123 cm³/mol. The van der Waals surface area contributed by atoms with Gasteiger partial charge < -0.3 is 10.6 Å². The van der Waals surface area contributed by atoms with Crippen molar-refractivity contribution in [1.82, 2.24) is 20.4 Å². The second kappa shape index (κ2) is 12.6. The summed E-state index contributed by atoms with van der Waals surface area (Å²) in [6.45, 7) is 7.91. The molecule has 2 rings (SSSR count). The Bertz CT molecular complexity index is 618. The van der Waals surface area contributed by atoms with Crippen molar-refractivity contribution in [2.45, 2.75) is 45.6 Å². The van der Waals surface area contributed by atoms with E-state index in [4.69, 9.17) is 0 Å². The molecular weight excluding hydrogens is 494 g/mol. The molecule has 29 heavy (non-hydrogen) atoms. The van der Waals surface area contributed by atoms with Crippen molar-refractivity contribution < 1.29 is 13.2 Å². The third-order valence-electron chi connectivity index (χ3n) is 5.02. The molecule has 0 bridgehead atoms. The number of nitrogens with one attached hydrogen (secondary N) is 2. The molecule has 9 heteroatoms. The van der Waals surface area contributed by atoms with Gasteiger partial charge in [-0.15, -0.1) is 24.0 Å². The average molecular weight is 527 g/mol. The van der Waals surface area contributed by atoms with Crippen LogP contribution in [0.4, 0.5) is 13.2 Å². The lowest BCUT2D eigenvalue weighted by molar-refractivity contribution is -0.143. The summed E-state index contributed by atoms with van der Waals surface area (Å²) in [5.41, 5.74) is 2.42. The number of hydrogen-bond acceptors (Lipinski definition) is 3. The largest absolute Gasteiger partial charge is 0.401 e. The van der Waals surface area contributed by atoms with E-state index in [0.29, 0.717) is 32.0 Å². The van der Waals surface area contributed by atoms with E-state index in [-0.39, 0.29) is 30.0 Å². The normalized spacial score (nSPS) is 18.0. The number of likely N-dealkylation sites (tertiary alicyclic amines) is 1. The molecule has 5 nitrogen and oxygen atoms in total. The molecule has 0 saturated carbocycles. The molecule has 1 unspecified atom stereocenters. The summed E-state index contributed by atoms with van der Waals surface area (Å²) in [7, 11) is 1.67. The van der Waals surface area contributed by atoms with Crippen molar-refractivity contribution in [3.63, 3.8) is 0 Å². The van der Waals surface area contributed by atoms with Gasteiger partial charge >= 0.3 is 6.18 Å². The molecule has 0 radical (unpaired) electrons. The molecule has 1 aromatic rings. The maximum atomic E-state index is 12.5. The van der Waals surface area contributed by atoms with Gasteiger partial charge in [-0.25, -0.2) is 0 Å². The van der Waals surface area contributed by atoms with E-state index in [1.165, 1.54) is 10.5 Å². The van der Waals surface area contributed by atoms with Crippen molar-refractivity contribution in [2.24, 2.45) is 4.99 Å². The molecule has 1 heterocycles. The fourth-order valence-corrected chi connectivity index (χ4v) is 3.39. The SMILES string of the molecule is CCN(CC)Cc1ccc(CNC(=NC)NC2CCN(CC(F)(F)F)C2)cc1.I. The summed E-state index contributed by atoms with van der Waals surface area (Å²) in [5.74, 6) is 0.617. The fourth-order valence-electron chi connectivity index (χ4n) is 3.39. The Morgan fingerprint density at radius 1 is 1.17 bits per heavy atom. The van der Waals surface area contributed by atoms with Crippen molar-refractivity contribution in [3.05, 3.63) is 35.4 Å². The first-order valence-electron chi connectivity index (χ1n) is 9.89. The summed E-state index contributed by atoms with van der Waals surface area (Å²) >= 11 is 0. The number of aliphatic imine (C=N–C) groups is 1. The van der Waals surface area contributed by atoms with Gasteiger partial charge in [-0.2, -0.15) is 13.2 Å². The summed E-state index contributed by atoms with van der Waals surface area (Å²) in [5, 5.41) is 6.47. The van der Waals surface area contributed by atoms with E-state index in [9.17, 15) is 13.2 Å². The lowest BCUT2D eigenvalue weighted by atomic mass is 10.1. The van der Waals surface area contributed by atoms with E-state index >= 15 is 0 Å². The minimum atomic E-state index is -4.15. The highest BCUT2D eigenvalue weighted by molar-refractivity contribution is 14.0. The molecule has 1 atom stereocenters. The summed E-state index contributed by atoms with van der Waals surface area (Å²) in [6.07, 6.45) is -3.47. The zero-order chi connectivity index (χ0) is 20.6. The second-order valence-corrected chi connectivity index (χ2v) is 7.18. The van der Waals surface area contributed by atoms with Gasteiger partial charge in [-0.05, 0) is 30.6 Å². The van der Waals surface area contributed by atoms with Crippen molar-refractivity contribution in [2.75, 3.05) is 39.8 Å². The third kappa shape index (κ3) is 9.52. The van der Waals surface area contributed by atoms with Gasteiger partial charge in [0.05, 0.1) is 6.54 Å². The van der Waals surface area contributed by atoms with E-state index < -0.39 is 12.7 Å². The Labute approximate surface area is 189 Å². The van der Waals surface area contributed by atoms with Crippen LogP contribution in [0.3, 0.4) is 0 Å². The van der Waals surface area contributed by atoms with Crippen LogP contribution in [0.1, 0.15) is 31.4 Å². The smallest absolute Gasteiger partial charge is 0.352 e. The summed E-state index contributed by atoms with van der Waals surface area (Å²) in [4.78, 5) is 7.99. The van der Waals surface area contributed by atoms with Crippen LogP contribution in [0.25, 0.3) is 0 Å². The number of hydrogen-bond donors (Lipinski definition) is 2. The molecule has 2 N–H and O–H groups in total. The summed E-state index contributed by atoms with van der Waals surface area (Å²) in [6, 6.07) is 8.44. The van der Waals surface area contributed by atoms with Gasteiger partial charge in [0.2, 0.25) is 0 Å². The van der Waals surface area contributed by atoms with Gasteiger partial charge in [-0.1, -0.05) is 38.1 Å². The minimum absolute atomic E-state index is 0. The monoisotopic (exact) mass is 527 g/mol. The van der Waals surface area contributed by atoms with Gasteiger partial charge in [0, 0.05) is 39.3 Å². The molecule has 1 aromatic carbocycles. The van der Waals surface area contributed by atoms with E-state index in [2.05, 4.69) is 58.6 Å². The molecule has 166 valence electrons. The standard InChI is InChI=1S/C20H32F3N5.HI/c1-4-27(5-2)13-17-8-6-16(7-9-17)12-25-19(24-3)26-18-10-11-28(14-18)15-20(21,22)23;/h6-9,18H,4-5,10-15H2,1-3H3,(H2,24,25,26);1H. The molecule has 1 saturated heterocycles. The van der Waals surface area contributed by atoms with Crippen LogP contribution in [-0.2, 0) is 13.1 Å². The molecule has 1 aliphatic heterocycles. The lowest BCUT2D eigenvalue weighted by Gasteiger charge is -2.20. The molecule has 0 aromatic heterocycles. The Morgan fingerprint density at radius 3 is 2.34 bits per heavy atom. The molecule has 0 spiro atoms. The van der Waals surface area contributed by atoms with Crippen LogP contribution in [0.15, 0.2) is 29.3 Å². The van der Waals surface area contributed by atoms with Crippen LogP contribution in [-0.4, -0.2) is 67.7 Å². The number of halogens is 4. The van der Waals surface area contributed by atoms with Crippen LogP contribution in [0, 0.1) is 0 Å². The quantitative estimate of drug-likeness (QED) is 0.309. The molecule has 0 amide bonds. The van der Waals surface area contributed by atoms with Gasteiger partial charge in [-0.3, -0.25) is 14.8 Å². The van der Waals surface area contributed by atoms with Crippen molar-refractivity contribution >= 4 is 29.9 Å². The maximum Gasteiger partial charge on any atom is 0.401 e. The van der Waals surface area contributed by atoms with Gasteiger partial charge in [0.25, 0.3) is 0 Å². The number of rotatable bonds is 8. The number of guanidine groups is 1. The highest BCUT2D eigenvalue weighted by atomic mass is 127. The second-order valence-electron chi connectivity index (χ2n) is 7.18. The topological polar surface area (TPSA) is 42.9 Å². The average Bonchev–Trinajstić information content (AvgIpc) is 3.09. The lowest BCUT2D eigenvalue weighted by Crippen LogP contribution is -2.44. The molecule has 0 aliphatic carbocycles. The van der Waals surface area contributed by atoms with Crippen LogP contribution in [0.2, 0.25) is 0 Å². The Hall–Kier alpha value is -1.07. The van der Waals surface area contributed by atoms with E-state index in [1.54, 1.807) is 7.05 Å². The van der Waals surface area contributed by atoms with Crippen LogP contribution in [0.5, 0.6) is 0 Å². The van der Waals surface area contributed by atoms with E-state index in [1.807, 2.05) is 0 Å². The van der Waals surface area contributed by atoms with Crippen molar-refractivity contribution in [1.29, 1.82) is 0 Å². The highest BCUT2D eigenvalue weighted by Crippen LogP contribution is 2.19. The molecule has 1 aliphatic rings. The Kier molecular flexibility index (Phi) is 11.3. The number of nitrogens with zero attached hydrogens (tertiary/aromatic N) is 3. The first-order valence-corrected chi connectivity index (χ1v) is 9.89. The van der Waals surface area contributed by atoms with Crippen molar-refractivity contribution in [3.8, 4) is 0 Å². The molecular formula is C20H33F3IN5. The van der Waals surface area contributed by atoms with E-state index in [0.717, 1.165) is 25.2 Å². The third-order valence-corrected chi connectivity index (χ3v) is 5.02. The zero-order valence-corrected chi connectivity index (χ0v) is 19.8. The maximum absolute atomic E-state index is 12.5. The van der Waals surface area contributed by atoms with Crippen LogP contribution < -0.4 is 10.6 Å². The summed E-state index contributed by atoms with van der Waals surface area (Å²) < 4.78 is 37.5. The Balaban J connectivity index is 0.00000420. The first kappa shape index (κ1) is 26.0.